The number of carbonyl (C=O) groups excluding carboxylic acids is 2. The summed E-state index contributed by atoms with van der Waals surface area (Å²) >= 11 is 0. The van der Waals surface area contributed by atoms with E-state index < -0.39 is 42.2 Å². The SMILES string of the molecule is CCC1C(Oc2ccc3c(CC(=O)NCCCCNC(=O)OC)cc(=O)oc3c2)OC(C)C(O)C1O. The van der Waals surface area contributed by atoms with Gasteiger partial charge in [0.15, 0.2) is 0 Å². The van der Waals surface area contributed by atoms with Crippen molar-refractivity contribution in [3.05, 3.63) is 40.2 Å². The number of aliphatic hydroxyl groups excluding tert-OH is 2. The van der Waals surface area contributed by atoms with Gasteiger partial charge in [0.05, 0.1) is 25.7 Å². The molecular weight excluding hydrogens is 472 g/mol. The highest BCUT2D eigenvalue weighted by Crippen LogP contribution is 2.31. The van der Waals surface area contributed by atoms with Gasteiger partial charge in [-0.15, -0.1) is 0 Å². The first-order valence-electron chi connectivity index (χ1n) is 12.1. The topological polar surface area (TPSA) is 157 Å². The Bertz CT molecular complexity index is 1100. The number of nitrogens with one attached hydrogen (secondary N) is 2. The van der Waals surface area contributed by atoms with Crippen molar-refractivity contribution in [3.8, 4) is 5.75 Å². The van der Waals surface area contributed by atoms with E-state index in [0.29, 0.717) is 49.1 Å². The number of hydrogen-bond donors (Lipinski definition) is 4. The standard InChI is InChI=1S/C25H34N2O9/c1-4-17-23(31)22(30)14(2)34-24(17)35-16-7-8-18-15(12-21(29)36-19(18)13-16)11-20(28)26-9-5-6-10-27-25(32)33-3/h7-8,12-14,17,22-24,30-31H,4-6,9-11H2,1-3H3,(H,26,28)(H,27,32). The third kappa shape index (κ3) is 6.96. The van der Waals surface area contributed by atoms with Gasteiger partial charge in [0.25, 0.3) is 0 Å². The number of aliphatic hydroxyl groups is 2. The molecule has 0 saturated carbocycles. The fourth-order valence-corrected chi connectivity index (χ4v) is 4.17. The maximum atomic E-state index is 12.4. The Kier molecular flexibility index (Phi) is 9.68. The summed E-state index contributed by atoms with van der Waals surface area (Å²) in [6.45, 7) is 4.40. The van der Waals surface area contributed by atoms with Crippen molar-refractivity contribution in [1.82, 2.24) is 10.6 Å². The van der Waals surface area contributed by atoms with Crippen LogP contribution in [0.1, 0.15) is 38.7 Å². The van der Waals surface area contributed by atoms with Crippen LogP contribution in [0.4, 0.5) is 4.79 Å². The summed E-state index contributed by atoms with van der Waals surface area (Å²) in [4.78, 5) is 35.6. The molecule has 4 N–H and O–H groups in total. The molecule has 1 aliphatic heterocycles. The summed E-state index contributed by atoms with van der Waals surface area (Å²) in [5.41, 5.74) is 0.184. The Morgan fingerprint density at radius 1 is 1.08 bits per heavy atom. The molecule has 0 bridgehead atoms. The average Bonchev–Trinajstić information content (AvgIpc) is 2.84. The summed E-state index contributed by atoms with van der Waals surface area (Å²) in [6.07, 6.45) is -2.03. The first kappa shape index (κ1) is 27.4. The van der Waals surface area contributed by atoms with Crippen LogP contribution in [-0.4, -0.2) is 67.0 Å². The molecule has 2 aromatic rings. The molecule has 1 saturated heterocycles. The highest BCUT2D eigenvalue weighted by atomic mass is 16.7. The number of methoxy groups -OCH3 is 1. The molecule has 1 aromatic carbocycles. The van der Waals surface area contributed by atoms with Crippen molar-refractivity contribution in [1.29, 1.82) is 0 Å². The monoisotopic (exact) mass is 506 g/mol. The molecule has 0 radical (unpaired) electrons. The van der Waals surface area contributed by atoms with E-state index in [1.807, 2.05) is 6.92 Å². The highest BCUT2D eigenvalue weighted by Gasteiger charge is 2.43. The van der Waals surface area contributed by atoms with Crippen LogP contribution in [0.3, 0.4) is 0 Å². The van der Waals surface area contributed by atoms with Gasteiger partial charge in [-0.3, -0.25) is 4.79 Å². The number of amides is 2. The van der Waals surface area contributed by atoms with Crippen molar-refractivity contribution in [2.75, 3.05) is 20.2 Å². The smallest absolute Gasteiger partial charge is 0.406 e. The number of unbranched alkanes of at least 4 members (excludes halogenated alkanes) is 1. The van der Waals surface area contributed by atoms with E-state index in [-0.39, 0.29) is 17.9 Å². The zero-order valence-electron chi connectivity index (χ0n) is 20.7. The Hall–Kier alpha value is -3.15. The molecular formula is C25H34N2O9. The lowest BCUT2D eigenvalue weighted by Gasteiger charge is -2.41. The quantitative estimate of drug-likeness (QED) is 0.277. The molecule has 1 aliphatic rings. The second-order valence-electron chi connectivity index (χ2n) is 8.78. The van der Waals surface area contributed by atoms with Crippen molar-refractivity contribution in [3.63, 3.8) is 0 Å². The van der Waals surface area contributed by atoms with Crippen LogP contribution in [0.15, 0.2) is 33.5 Å². The number of carbonyl (C=O) groups is 2. The Balaban J connectivity index is 1.63. The van der Waals surface area contributed by atoms with Crippen LogP contribution < -0.4 is 21.0 Å². The van der Waals surface area contributed by atoms with Gasteiger partial charge in [-0.2, -0.15) is 0 Å². The number of ether oxygens (including phenoxy) is 3. The maximum absolute atomic E-state index is 12.4. The molecule has 1 fully saturated rings. The van der Waals surface area contributed by atoms with E-state index in [1.165, 1.54) is 13.2 Å². The maximum Gasteiger partial charge on any atom is 0.406 e. The average molecular weight is 507 g/mol. The number of fused-ring (bicyclic) bond motifs is 1. The van der Waals surface area contributed by atoms with E-state index in [9.17, 15) is 24.6 Å². The van der Waals surface area contributed by atoms with Gasteiger partial charge in [-0.05, 0) is 43.9 Å². The van der Waals surface area contributed by atoms with Crippen LogP contribution in [-0.2, 0) is 20.7 Å². The van der Waals surface area contributed by atoms with E-state index in [2.05, 4.69) is 15.4 Å². The predicted octanol–water partition coefficient (Wildman–Crippen LogP) is 1.46. The Morgan fingerprint density at radius 3 is 2.50 bits per heavy atom. The summed E-state index contributed by atoms with van der Waals surface area (Å²) in [6, 6.07) is 6.22. The van der Waals surface area contributed by atoms with Gasteiger partial charge in [-0.1, -0.05) is 6.92 Å². The molecule has 5 atom stereocenters. The minimum absolute atomic E-state index is 0.00600. The second kappa shape index (κ2) is 12.7. The molecule has 11 nitrogen and oxygen atoms in total. The van der Waals surface area contributed by atoms with Gasteiger partial charge in [0, 0.05) is 36.5 Å². The van der Waals surface area contributed by atoms with Crippen molar-refractivity contribution in [2.45, 2.75) is 64.1 Å². The Morgan fingerprint density at radius 2 is 1.81 bits per heavy atom. The molecule has 2 amide bonds. The zero-order valence-corrected chi connectivity index (χ0v) is 20.7. The van der Waals surface area contributed by atoms with Crippen LogP contribution in [0.25, 0.3) is 11.0 Å². The zero-order chi connectivity index (χ0) is 26.2. The van der Waals surface area contributed by atoms with Gasteiger partial charge in [0.2, 0.25) is 12.2 Å². The lowest BCUT2D eigenvalue weighted by atomic mass is 9.89. The molecule has 1 aromatic heterocycles. The number of benzene rings is 1. The minimum atomic E-state index is -1.00. The third-order valence-electron chi connectivity index (χ3n) is 6.22. The predicted molar refractivity (Wildman–Crippen MR) is 130 cm³/mol. The molecule has 11 heteroatoms. The molecule has 198 valence electrons. The molecule has 0 aliphatic carbocycles. The Labute approximate surface area is 208 Å². The molecule has 5 unspecified atom stereocenters. The second-order valence-corrected chi connectivity index (χ2v) is 8.78. The molecule has 0 spiro atoms. The van der Waals surface area contributed by atoms with Crippen molar-refractivity contribution in [2.24, 2.45) is 5.92 Å². The number of rotatable bonds is 10. The van der Waals surface area contributed by atoms with Gasteiger partial charge >= 0.3 is 11.7 Å². The van der Waals surface area contributed by atoms with Gasteiger partial charge in [0.1, 0.15) is 17.4 Å². The highest BCUT2D eigenvalue weighted by molar-refractivity contribution is 5.87. The molecule has 36 heavy (non-hydrogen) atoms. The van der Waals surface area contributed by atoms with Crippen LogP contribution in [0.2, 0.25) is 0 Å². The third-order valence-corrected chi connectivity index (χ3v) is 6.22. The molecule has 3 rings (SSSR count). The van der Waals surface area contributed by atoms with Gasteiger partial charge in [-0.25, -0.2) is 9.59 Å². The van der Waals surface area contributed by atoms with E-state index in [0.717, 1.165) is 0 Å². The van der Waals surface area contributed by atoms with E-state index in [1.54, 1.807) is 25.1 Å². The van der Waals surface area contributed by atoms with Gasteiger partial charge < -0.3 is 39.5 Å². The lowest BCUT2D eigenvalue weighted by Crippen LogP contribution is -2.54. The fourth-order valence-electron chi connectivity index (χ4n) is 4.17. The lowest BCUT2D eigenvalue weighted by molar-refractivity contribution is -0.249. The summed E-state index contributed by atoms with van der Waals surface area (Å²) in [5, 5.41) is 26.5. The van der Waals surface area contributed by atoms with Crippen LogP contribution in [0, 0.1) is 5.92 Å². The normalized spacial score (nSPS) is 23.8. The summed E-state index contributed by atoms with van der Waals surface area (Å²) < 4.78 is 21.5. The first-order chi connectivity index (χ1) is 17.2. The summed E-state index contributed by atoms with van der Waals surface area (Å²) in [5.74, 6) is -0.316. The number of alkyl carbamates (subject to hydrolysis) is 1. The van der Waals surface area contributed by atoms with Crippen LogP contribution in [0.5, 0.6) is 5.75 Å². The summed E-state index contributed by atoms with van der Waals surface area (Å²) in [7, 11) is 1.29. The van der Waals surface area contributed by atoms with Crippen molar-refractivity contribution >= 4 is 23.0 Å². The molecule has 2 heterocycles. The van der Waals surface area contributed by atoms with Crippen molar-refractivity contribution < 1.29 is 38.4 Å². The fraction of sp³-hybridized carbons (Fsp3) is 0.560. The first-order valence-corrected chi connectivity index (χ1v) is 12.1. The van der Waals surface area contributed by atoms with E-state index >= 15 is 0 Å². The van der Waals surface area contributed by atoms with Crippen LogP contribution >= 0.6 is 0 Å². The van der Waals surface area contributed by atoms with E-state index in [4.69, 9.17) is 13.9 Å². The largest absolute Gasteiger partial charge is 0.464 e. The minimum Gasteiger partial charge on any atom is -0.464 e. The number of hydrogen-bond acceptors (Lipinski definition) is 9.